The van der Waals surface area contributed by atoms with Crippen molar-refractivity contribution >= 4 is 15.9 Å². The molecule has 2 rings (SSSR count). The lowest BCUT2D eigenvalue weighted by molar-refractivity contribution is 0.0655. The maximum absolute atomic E-state index is 12.3. The Kier molecular flexibility index (Phi) is 5.14. The largest absolute Gasteiger partial charge is 0.415 e. The number of piperazine rings is 1. The Hall–Kier alpha value is -1.52. The molecule has 1 aromatic rings. The van der Waals surface area contributed by atoms with Gasteiger partial charge in [-0.15, -0.1) is 10.2 Å². The van der Waals surface area contributed by atoms with E-state index < -0.39 is 10.0 Å². The Balaban J connectivity index is 1.96. The van der Waals surface area contributed by atoms with Crippen LogP contribution in [0.1, 0.15) is 23.5 Å². The van der Waals surface area contributed by atoms with Crippen LogP contribution in [-0.2, 0) is 16.6 Å². The first-order valence-corrected chi connectivity index (χ1v) is 8.68. The van der Waals surface area contributed by atoms with Crippen molar-refractivity contribution in [2.75, 3.05) is 46.0 Å². The van der Waals surface area contributed by atoms with Gasteiger partial charge in [-0.25, -0.2) is 8.42 Å². The number of hydrogen-bond donors (Lipinski definition) is 0. The second kappa shape index (κ2) is 6.71. The summed E-state index contributed by atoms with van der Waals surface area (Å²) in [6.45, 7) is 3.30. The van der Waals surface area contributed by atoms with E-state index in [0.29, 0.717) is 38.6 Å². The number of nitrogens with zero attached hydrogens (tertiary/aromatic N) is 5. The molecule has 0 spiro atoms. The van der Waals surface area contributed by atoms with Crippen LogP contribution in [0.4, 0.5) is 0 Å². The van der Waals surface area contributed by atoms with Crippen molar-refractivity contribution in [3.05, 3.63) is 11.8 Å². The standard InChI is InChI=1S/C12H21N5O4S/c1-4-22(19,20)17-7-5-16(6-8-17)12(18)11-14-13-10(21-11)9-15(2)3/h4-9H2,1-3H3. The minimum Gasteiger partial charge on any atom is -0.415 e. The molecule has 0 saturated carbocycles. The van der Waals surface area contributed by atoms with E-state index in [1.165, 1.54) is 9.21 Å². The number of aromatic nitrogens is 2. The SMILES string of the molecule is CCS(=O)(=O)N1CCN(C(=O)c2nnc(CN(C)C)o2)CC1. The van der Waals surface area contributed by atoms with Gasteiger partial charge in [0.15, 0.2) is 0 Å². The fourth-order valence-electron chi connectivity index (χ4n) is 2.16. The third kappa shape index (κ3) is 3.81. The van der Waals surface area contributed by atoms with Crippen LogP contribution >= 0.6 is 0 Å². The molecule has 0 bridgehead atoms. The van der Waals surface area contributed by atoms with E-state index in [1.807, 2.05) is 19.0 Å². The van der Waals surface area contributed by atoms with Gasteiger partial charge in [0.25, 0.3) is 0 Å². The summed E-state index contributed by atoms with van der Waals surface area (Å²) in [6, 6.07) is 0. The molecule has 1 fully saturated rings. The molecule has 0 aliphatic carbocycles. The van der Waals surface area contributed by atoms with Crippen LogP contribution in [0.3, 0.4) is 0 Å². The lowest BCUT2D eigenvalue weighted by Crippen LogP contribution is -2.50. The maximum Gasteiger partial charge on any atom is 0.311 e. The number of hydrogen-bond acceptors (Lipinski definition) is 7. The van der Waals surface area contributed by atoms with Crippen molar-refractivity contribution in [1.29, 1.82) is 0 Å². The predicted molar refractivity (Wildman–Crippen MR) is 78.6 cm³/mol. The molecule has 2 heterocycles. The number of carbonyl (C=O) groups is 1. The van der Waals surface area contributed by atoms with E-state index >= 15 is 0 Å². The van der Waals surface area contributed by atoms with Crippen LogP contribution in [0.15, 0.2) is 4.42 Å². The quantitative estimate of drug-likeness (QED) is 0.699. The van der Waals surface area contributed by atoms with E-state index in [9.17, 15) is 13.2 Å². The van der Waals surface area contributed by atoms with Gasteiger partial charge in [0.2, 0.25) is 15.9 Å². The molecule has 1 amide bonds. The van der Waals surface area contributed by atoms with Gasteiger partial charge in [-0.05, 0) is 21.0 Å². The van der Waals surface area contributed by atoms with Crippen LogP contribution in [0.5, 0.6) is 0 Å². The number of amides is 1. The molecule has 10 heteroatoms. The molecule has 0 aromatic carbocycles. The highest BCUT2D eigenvalue weighted by Crippen LogP contribution is 2.11. The van der Waals surface area contributed by atoms with Gasteiger partial charge in [-0.2, -0.15) is 4.31 Å². The number of rotatable bonds is 5. The summed E-state index contributed by atoms with van der Waals surface area (Å²) in [7, 11) is 0.514. The summed E-state index contributed by atoms with van der Waals surface area (Å²) >= 11 is 0. The average molecular weight is 331 g/mol. The van der Waals surface area contributed by atoms with Crippen LogP contribution < -0.4 is 0 Å². The topological polar surface area (TPSA) is 99.9 Å². The van der Waals surface area contributed by atoms with Crippen molar-refractivity contribution in [3.8, 4) is 0 Å². The van der Waals surface area contributed by atoms with Crippen molar-refractivity contribution < 1.29 is 17.6 Å². The predicted octanol–water partition coefficient (Wildman–Crippen LogP) is -0.761. The molecule has 0 atom stereocenters. The zero-order valence-corrected chi connectivity index (χ0v) is 13.8. The van der Waals surface area contributed by atoms with Crippen molar-refractivity contribution in [2.45, 2.75) is 13.5 Å². The molecule has 124 valence electrons. The Morgan fingerprint density at radius 1 is 1.23 bits per heavy atom. The number of sulfonamides is 1. The van der Waals surface area contributed by atoms with Gasteiger partial charge < -0.3 is 14.2 Å². The van der Waals surface area contributed by atoms with Crippen molar-refractivity contribution in [2.24, 2.45) is 0 Å². The summed E-state index contributed by atoms with van der Waals surface area (Å²) in [4.78, 5) is 15.7. The van der Waals surface area contributed by atoms with Gasteiger partial charge in [-0.3, -0.25) is 4.79 Å². The second-order valence-corrected chi connectivity index (χ2v) is 7.59. The molecular formula is C12H21N5O4S. The van der Waals surface area contributed by atoms with Crippen LogP contribution in [0, 0.1) is 0 Å². The van der Waals surface area contributed by atoms with E-state index in [0.717, 1.165) is 0 Å². The van der Waals surface area contributed by atoms with Gasteiger partial charge in [0, 0.05) is 26.2 Å². The highest BCUT2D eigenvalue weighted by atomic mass is 32.2. The molecular weight excluding hydrogens is 310 g/mol. The summed E-state index contributed by atoms with van der Waals surface area (Å²) in [6.07, 6.45) is 0. The first-order chi connectivity index (χ1) is 10.3. The monoisotopic (exact) mass is 331 g/mol. The maximum atomic E-state index is 12.3. The Morgan fingerprint density at radius 3 is 2.41 bits per heavy atom. The Morgan fingerprint density at radius 2 is 1.86 bits per heavy atom. The van der Waals surface area contributed by atoms with E-state index in [1.54, 1.807) is 6.92 Å². The Bertz CT molecular complexity index is 619. The zero-order valence-electron chi connectivity index (χ0n) is 13.0. The van der Waals surface area contributed by atoms with Crippen LogP contribution in [-0.4, -0.2) is 84.7 Å². The molecule has 9 nitrogen and oxygen atoms in total. The Labute approximate surface area is 129 Å². The van der Waals surface area contributed by atoms with Gasteiger partial charge in [0.1, 0.15) is 0 Å². The third-order valence-corrected chi connectivity index (χ3v) is 5.27. The molecule has 1 aromatic heterocycles. The molecule has 0 N–H and O–H groups in total. The lowest BCUT2D eigenvalue weighted by atomic mass is 10.3. The number of carbonyl (C=O) groups excluding carboxylic acids is 1. The lowest BCUT2D eigenvalue weighted by Gasteiger charge is -2.32. The summed E-state index contributed by atoms with van der Waals surface area (Å²) in [5.74, 6) is 0.0358. The smallest absolute Gasteiger partial charge is 0.311 e. The van der Waals surface area contributed by atoms with Gasteiger partial charge in [-0.1, -0.05) is 0 Å². The first kappa shape index (κ1) is 16.8. The van der Waals surface area contributed by atoms with E-state index in [-0.39, 0.29) is 17.6 Å². The third-order valence-electron chi connectivity index (χ3n) is 3.39. The molecule has 22 heavy (non-hydrogen) atoms. The molecule has 1 saturated heterocycles. The fraction of sp³-hybridized carbons (Fsp3) is 0.750. The molecule has 1 aliphatic rings. The van der Waals surface area contributed by atoms with Crippen molar-refractivity contribution in [3.63, 3.8) is 0 Å². The summed E-state index contributed by atoms with van der Waals surface area (Å²) in [5.41, 5.74) is 0. The summed E-state index contributed by atoms with van der Waals surface area (Å²) < 4.78 is 30.3. The highest BCUT2D eigenvalue weighted by molar-refractivity contribution is 7.89. The van der Waals surface area contributed by atoms with Crippen LogP contribution in [0.25, 0.3) is 0 Å². The minimum absolute atomic E-state index is 0.0522. The van der Waals surface area contributed by atoms with Crippen LogP contribution in [0.2, 0.25) is 0 Å². The van der Waals surface area contributed by atoms with E-state index in [2.05, 4.69) is 10.2 Å². The minimum atomic E-state index is -3.21. The van der Waals surface area contributed by atoms with E-state index in [4.69, 9.17) is 4.42 Å². The highest BCUT2D eigenvalue weighted by Gasteiger charge is 2.30. The molecule has 1 aliphatic heterocycles. The van der Waals surface area contributed by atoms with Gasteiger partial charge >= 0.3 is 11.8 Å². The first-order valence-electron chi connectivity index (χ1n) is 7.07. The van der Waals surface area contributed by atoms with Crippen molar-refractivity contribution in [1.82, 2.24) is 24.3 Å². The second-order valence-electron chi connectivity index (χ2n) is 5.33. The summed E-state index contributed by atoms with van der Waals surface area (Å²) in [5, 5.41) is 7.59. The van der Waals surface area contributed by atoms with Gasteiger partial charge in [0.05, 0.1) is 12.3 Å². The molecule has 0 radical (unpaired) electrons. The zero-order chi connectivity index (χ0) is 16.3. The average Bonchev–Trinajstić information content (AvgIpc) is 2.94. The molecule has 0 unspecified atom stereocenters. The normalized spacial score (nSPS) is 17.2. The fourth-order valence-corrected chi connectivity index (χ4v) is 3.25.